The van der Waals surface area contributed by atoms with Gasteiger partial charge in [-0.25, -0.2) is 4.79 Å². The van der Waals surface area contributed by atoms with Crippen LogP contribution in [0.15, 0.2) is 12.2 Å². The van der Waals surface area contributed by atoms with Crippen molar-refractivity contribution in [2.24, 2.45) is 11.8 Å². The van der Waals surface area contributed by atoms with Gasteiger partial charge in [-0.2, -0.15) is 0 Å². The maximum absolute atomic E-state index is 11.2. The Hall–Kier alpha value is -0.830. The zero-order chi connectivity index (χ0) is 10.2. The molecule has 0 saturated carbocycles. The number of cyclic esters (lactones) is 1. The monoisotopic (exact) mass is 184 g/mol. The summed E-state index contributed by atoms with van der Waals surface area (Å²) in [5.41, 5.74) is 0.397. The number of hydrogen-bond acceptors (Lipinski definition) is 3. The molecule has 74 valence electrons. The quantitative estimate of drug-likeness (QED) is 0.516. The lowest BCUT2D eigenvalue weighted by molar-refractivity contribution is -0.141. The summed E-state index contributed by atoms with van der Waals surface area (Å²) in [6.07, 6.45) is -0.800. The molecule has 0 bridgehead atoms. The van der Waals surface area contributed by atoms with Gasteiger partial charge < -0.3 is 9.84 Å². The van der Waals surface area contributed by atoms with E-state index in [0.29, 0.717) is 5.57 Å². The van der Waals surface area contributed by atoms with Gasteiger partial charge in [-0.15, -0.1) is 0 Å². The van der Waals surface area contributed by atoms with E-state index in [1.54, 1.807) is 6.92 Å². The molecule has 0 unspecified atom stereocenters. The molecule has 3 nitrogen and oxygen atoms in total. The number of rotatable bonds is 2. The van der Waals surface area contributed by atoms with Crippen LogP contribution in [0.1, 0.15) is 20.8 Å². The van der Waals surface area contributed by atoms with Crippen LogP contribution in [0.2, 0.25) is 0 Å². The summed E-state index contributed by atoms with van der Waals surface area (Å²) in [4.78, 5) is 11.2. The number of aliphatic hydroxyl groups is 1. The van der Waals surface area contributed by atoms with Crippen LogP contribution >= 0.6 is 0 Å². The average Bonchev–Trinajstić information content (AvgIpc) is 2.28. The Labute approximate surface area is 78.4 Å². The fraction of sp³-hybridized carbons (Fsp3) is 0.700. The zero-order valence-corrected chi connectivity index (χ0v) is 8.28. The highest BCUT2D eigenvalue weighted by Gasteiger charge is 2.42. The second kappa shape index (κ2) is 3.50. The highest BCUT2D eigenvalue weighted by Crippen LogP contribution is 2.33. The third-order valence-corrected chi connectivity index (χ3v) is 2.44. The average molecular weight is 184 g/mol. The van der Waals surface area contributed by atoms with Crippen molar-refractivity contribution >= 4 is 5.97 Å². The summed E-state index contributed by atoms with van der Waals surface area (Å²) in [6, 6.07) is 0. The van der Waals surface area contributed by atoms with Crippen LogP contribution in [0.3, 0.4) is 0 Å². The Kier molecular flexibility index (Phi) is 2.76. The van der Waals surface area contributed by atoms with Crippen LogP contribution in [-0.2, 0) is 9.53 Å². The van der Waals surface area contributed by atoms with Gasteiger partial charge in [-0.3, -0.25) is 0 Å². The first kappa shape index (κ1) is 10.3. The molecule has 3 heteroatoms. The van der Waals surface area contributed by atoms with E-state index in [-0.39, 0.29) is 23.9 Å². The van der Waals surface area contributed by atoms with Crippen molar-refractivity contribution in [2.75, 3.05) is 0 Å². The van der Waals surface area contributed by atoms with Gasteiger partial charge in [-0.05, 0) is 12.8 Å². The van der Waals surface area contributed by atoms with Gasteiger partial charge in [0.05, 0.1) is 12.0 Å². The Morgan fingerprint density at radius 2 is 2.00 bits per heavy atom. The van der Waals surface area contributed by atoms with E-state index >= 15 is 0 Å². The summed E-state index contributed by atoms with van der Waals surface area (Å²) < 4.78 is 5.11. The number of ether oxygens (including phenoxy) is 1. The van der Waals surface area contributed by atoms with E-state index in [9.17, 15) is 9.90 Å². The van der Waals surface area contributed by atoms with Gasteiger partial charge in [-0.1, -0.05) is 20.4 Å². The maximum atomic E-state index is 11.2. The van der Waals surface area contributed by atoms with Gasteiger partial charge in [0.1, 0.15) is 6.10 Å². The molecule has 1 aliphatic rings. The summed E-state index contributed by atoms with van der Waals surface area (Å²) in [5, 5.41) is 9.47. The van der Waals surface area contributed by atoms with Crippen molar-refractivity contribution < 1.29 is 14.6 Å². The third-order valence-electron chi connectivity index (χ3n) is 2.44. The first-order valence-electron chi connectivity index (χ1n) is 4.53. The Morgan fingerprint density at radius 1 is 1.46 bits per heavy atom. The zero-order valence-electron chi connectivity index (χ0n) is 8.28. The first-order chi connectivity index (χ1) is 5.95. The lowest BCUT2D eigenvalue weighted by Gasteiger charge is -2.22. The van der Waals surface area contributed by atoms with Crippen LogP contribution in [0.4, 0.5) is 0 Å². The lowest BCUT2D eigenvalue weighted by atomic mass is 9.86. The molecule has 0 aliphatic carbocycles. The Balaban J connectivity index is 2.87. The number of aliphatic hydroxyl groups excluding tert-OH is 1. The smallest absolute Gasteiger partial charge is 0.334 e. The minimum atomic E-state index is -0.577. The van der Waals surface area contributed by atoms with E-state index in [2.05, 4.69) is 6.58 Å². The van der Waals surface area contributed by atoms with Crippen molar-refractivity contribution in [3.8, 4) is 0 Å². The molecule has 3 atom stereocenters. The molecule has 1 saturated heterocycles. The minimum absolute atomic E-state index is 0.211. The normalized spacial score (nSPS) is 30.8. The van der Waals surface area contributed by atoms with E-state index in [0.717, 1.165) is 0 Å². The summed E-state index contributed by atoms with van der Waals surface area (Å²) in [6.45, 7) is 9.22. The first-order valence-corrected chi connectivity index (χ1v) is 4.53. The highest BCUT2D eigenvalue weighted by atomic mass is 16.6. The number of esters is 1. The Bertz CT molecular complexity index is 230. The topological polar surface area (TPSA) is 46.5 Å². The van der Waals surface area contributed by atoms with Crippen LogP contribution in [-0.4, -0.2) is 23.3 Å². The molecule has 0 radical (unpaired) electrons. The highest BCUT2D eigenvalue weighted by molar-refractivity contribution is 5.90. The lowest BCUT2D eigenvalue weighted by Crippen LogP contribution is -2.30. The fourth-order valence-electron chi connectivity index (χ4n) is 1.72. The molecule has 0 spiro atoms. The van der Waals surface area contributed by atoms with E-state index in [1.165, 1.54) is 0 Å². The van der Waals surface area contributed by atoms with Crippen LogP contribution in [0.25, 0.3) is 0 Å². The van der Waals surface area contributed by atoms with Crippen LogP contribution in [0, 0.1) is 11.8 Å². The van der Waals surface area contributed by atoms with Crippen molar-refractivity contribution in [3.63, 3.8) is 0 Å². The van der Waals surface area contributed by atoms with Crippen LogP contribution < -0.4 is 0 Å². The molecule has 0 aromatic carbocycles. The summed E-state index contributed by atoms with van der Waals surface area (Å²) in [5.74, 6) is -0.403. The van der Waals surface area contributed by atoms with E-state index in [1.807, 2.05) is 13.8 Å². The van der Waals surface area contributed by atoms with E-state index in [4.69, 9.17) is 4.74 Å². The third kappa shape index (κ3) is 1.75. The second-order valence-corrected chi connectivity index (χ2v) is 3.91. The Morgan fingerprint density at radius 3 is 2.31 bits per heavy atom. The molecule has 0 amide bonds. The molecule has 0 aromatic rings. The molecule has 1 rings (SSSR count). The predicted octanol–water partition coefficient (Wildman–Crippen LogP) is 1.12. The van der Waals surface area contributed by atoms with E-state index < -0.39 is 6.10 Å². The largest absolute Gasteiger partial charge is 0.458 e. The molecular formula is C10H16O3. The molecule has 0 aromatic heterocycles. The SMILES string of the molecule is C=C1C(=O)O[C@@H](C(C)C)[C@@H]1[C@@H](C)O. The van der Waals surface area contributed by atoms with Crippen molar-refractivity contribution in [2.45, 2.75) is 33.0 Å². The predicted molar refractivity (Wildman–Crippen MR) is 49.0 cm³/mol. The van der Waals surface area contributed by atoms with Gasteiger partial charge >= 0.3 is 5.97 Å². The van der Waals surface area contributed by atoms with Gasteiger partial charge in [0.2, 0.25) is 0 Å². The number of carbonyl (C=O) groups is 1. The number of carbonyl (C=O) groups excluding carboxylic acids is 1. The number of hydrogen-bond donors (Lipinski definition) is 1. The van der Waals surface area contributed by atoms with Crippen molar-refractivity contribution in [1.29, 1.82) is 0 Å². The second-order valence-electron chi connectivity index (χ2n) is 3.91. The molecule has 1 fully saturated rings. The molecule has 1 N–H and O–H groups in total. The fourth-order valence-corrected chi connectivity index (χ4v) is 1.72. The van der Waals surface area contributed by atoms with Crippen molar-refractivity contribution in [3.05, 3.63) is 12.2 Å². The molecule has 1 heterocycles. The molecule has 1 aliphatic heterocycles. The summed E-state index contributed by atoms with van der Waals surface area (Å²) >= 11 is 0. The van der Waals surface area contributed by atoms with Gasteiger partial charge in [0.15, 0.2) is 0 Å². The summed E-state index contributed by atoms with van der Waals surface area (Å²) in [7, 11) is 0. The standard InChI is InChI=1S/C10H16O3/c1-5(2)9-8(7(4)11)6(3)10(12)13-9/h5,7-9,11H,3H2,1-2,4H3/t7-,8+,9+/m1/s1. The van der Waals surface area contributed by atoms with Gasteiger partial charge in [0, 0.05) is 5.57 Å². The molecular weight excluding hydrogens is 168 g/mol. The van der Waals surface area contributed by atoms with Crippen LogP contribution in [0.5, 0.6) is 0 Å². The molecule has 13 heavy (non-hydrogen) atoms. The minimum Gasteiger partial charge on any atom is -0.458 e. The van der Waals surface area contributed by atoms with Gasteiger partial charge in [0.25, 0.3) is 0 Å². The maximum Gasteiger partial charge on any atom is 0.334 e. The van der Waals surface area contributed by atoms with Crippen molar-refractivity contribution in [1.82, 2.24) is 0 Å².